The minimum absolute atomic E-state index is 0.143. The number of fused-ring (bicyclic) bond motifs is 1. The number of aliphatic hydroxyl groups is 1. The molecule has 0 spiro atoms. The van der Waals surface area contributed by atoms with E-state index in [0.717, 1.165) is 23.3 Å². The summed E-state index contributed by atoms with van der Waals surface area (Å²) in [6.07, 6.45) is 0.147. The fourth-order valence-corrected chi connectivity index (χ4v) is 4.04. The molecule has 8 nitrogen and oxygen atoms in total. The summed E-state index contributed by atoms with van der Waals surface area (Å²) < 4.78 is 18.0. The van der Waals surface area contributed by atoms with Gasteiger partial charge < -0.3 is 24.6 Å². The van der Waals surface area contributed by atoms with Gasteiger partial charge in [0.05, 0.1) is 19.6 Å². The fourth-order valence-electron chi connectivity index (χ4n) is 4.04. The highest BCUT2D eigenvalue weighted by atomic mass is 16.5. The Kier molecular flexibility index (Phi) is 8.20. The number of para-hydroxylation sites is 2. The predicted octanol–water partition coefficient (Wildman–Crippen LogP) is 3.19. The number of methoxy groups -OCH3 is 2. The van der Waals surface area contributed by atoms with Crippen molar-refractivity contribution in [1.82, 2.24) is 14.9 Å². The van der Waals surface area contributed by atoms with Crippen molar-refractivity contribution in [2.24, 2.45) is 7.05 Å². The summed E-state index contributed by atoms with van der Waals surface area (Å²) in [5.41, 5.74) is 2.28. The van der Waals surface area contributed by atoms with E-state index in [9.17, 15) is 9.90 Å². The Morgan fingerprint density at radius 1 is 0.972 bits per heavy atom. The van der Waals surface area contributed by atoms with E-state index in [2.05, 4.69) is 5.32 Å². The van der Waals surface area contributed by atoms with Gasteiger partial charge in [-0.05, 0) is 61.0 Å². The molecule has 2 N–H and O–H groups in total. The highest BCUT2D eigenvalue weighted by molar-refractivity contribution is 5.85. The van der Waals surface area contributed by atoms with Crippen LogP contribution in [-0.4, -0.2) is 54.7 Å². The monoisotopic (exact) mass is 489 g/mol. The zero-order valence-corrected chi connectivity index (χ0v) is 20.7. The van der Waals surface area contributed by atoms with E-state index in [1.54, 1.807) is 51.6 Å². The Balaban J connectivity index is 1.33. The molecule has 1 atom stereocenters. The Bertz CT molecular complexity index is 1370. The molecule has 0 aliphatic heterocycles. The standard InChI is InChI=1S/C28H31N3O5/c1-31-27(30-26-23(28(31)33)8-6-10-25(26)35-3)20-11-13-22(14-12-20)36-18-21(32)17-29-16-15-19-7-4-5-9-24(19)34-2/h4-14,21,29,32H,15-18H2,1-3H3. The topological polar surface area (TPSA) is 94.8 Å². The molecule has 0 saturated heterocycles. The van der Waals surface area contributed by atoms with Gasteiger partial charge in [-0.3, -0.25) is 9.36 Å². The number of nitrogens with one attached hydrogen (secondary N) is 1. The average Bonchev–Trinajstić information content (AvgIpc) is 2.92. The van der Waals surface area contributed by atoms with Crippen LogP contribution in [-0.2, 0) is 13.5 Å². The molecule has 4 rings (SSSR count). The lowest BCUT2D eigenvalue weighted by molar-refractivity contribution is 0.106. The minimum atomic E-state index is -0.655. The third-order valence-corrected chi connectivity index (χ3v) is 5.99. The molecule has 4 aromatic rings. The van der Waals surface area contributed by atoms with Gasteiger partial charge in [0.2, 0.25) is 0 Å². The van der Waals surface area contributed by atoms with Gasteiger partial charge in [0, 0.05) is 19.2 Å². The lowest BCUT2D eigenvalue weighted by atomic mass is 10.1. The Labute approximate surface area is 210 Å². The van der Waals surface area contributed by atoms with Gasteiger partial charge >= 0.3 is 0 Å². The van der Waals surface area contributed by atoms with Gasteiger partial charge in [-0.15, -0.1) is 0 Å². The second kappa shape index (κ2) is 11.7. The van der Waals surface area contributed by atoms with E-state index in [0.29, 0.717) is 41.3 Å². The number of hydrogen-bond acceptors (Lipinski definition) is 7. The van der Waals surface area contributed by atoms with Gasteiger partial charge in [0.15, 0.2) is 0 Å². The van der Waals surface area contributed by atoms with Crippen LogP contribution in [0.2, 0.25) is 0 Å². The van der Waals surface area contributed by atoms with E-state index in [-0.39, 0.29) is 12.2 Å². The lowest BCUT2D eigenvalue weighted by Gasteiger charge is -2.15. The quantitative estimate of drug-likeness (QED) is 0.313. The smallest absolute Gasteiger partial charge is 0.261 e. The van der Waals surface area contributed by atoms with Crippen molar-refractivity contribution in [3.05, 3.63) is 82.6 Å². The van der Waals surface area contributed by atoms with Crippen LogP contribution in [0, 0.1) is 0 Å². The molecule has 188 valence electrons. The summed E-state index contributed by atoms with van der Waals surface area (Å²) in [6.45, 7) is 1.29. The third-order valence-electron chi connectivity index (χ3n) is 5.99. The minimum Gasteiger partial charge on any atom is -0.496 e. The number of benzene rings is 3. The molecule has 0 bridgehead atoms. The molecule has 1 heterocycles. The SMILES string of the molecule is COc1ccccc1CCNCC(O)COc1ccc(-c2nc3c(OC)cccc3c(=O)n2C)cc1. The van der Waals surface area contributed by atoms with E-state index < -0.39 is 6.10 Å². The van der Waals surface area contributed by atoms with E-state index in [4.69, 9.17) is 19.2 Å². The second-order valence-electron chi connectivity index (χ2n) is 8.41. The van der Waals surface area contributed by atoms with Crippen molar-refractivity contribution < 1.29 is 19.3 Å². The van der Waals surface area contributed by atoms with Gasteiger partial charge in [-0.1, -0.05) is 24.3 Å². The van der Waals surface area contributed by atoms with Crippen LogP contribution >= 0.6 is 0 Å². The average molecular weight is 490 g/mol. The first kappa shape index (κ1) is 25.2. The number of aromatic nitrogens is 2. The second-order valence-corrected chi connectivity index (χ2v) is 8.41. The molecule has 8 heteroatoms. The molecule has 0 saturated carbocycles. The summed E-state index contributed by atoms with van der Waals surface area (Å²) in [4.78, 5) is 17.6. The van der Waals surface area contributed by atoms with Crippen molar-refractivity contribution in [1.29, 1.82) is 0 Å². The summed E-state index contributed by atoms with van der Waals surface area (Å²) in [5.74, 6) is 2.57. The first-order valence-corrected chi connectivity index (χ1v) is 11.8. The molecular weight excluding hydrogens is 458 g/mol. The summed E-state index contributed by atoms with van der Waals surface area (Å²) in [7, 11) is 4.92. The van der Waals surface area contributed by atoms with Crippen LogP contribution in [0.15, 0.2) is 71.5 Å². The van der Waals surface area contributed by atoms with Crippen LogP contribution in [0.4, 0.5) is 0 Å². The maximum absolute atomic E-state index is 12.9. The molecule has 0 fully saturated rings. The first-order chi connectivity index (χ1) is 17.5. The van der Waals surface area contributed by atoms with Crippen LogP contribution in [0.25, 0.3) is 22.3 Å². The first-order valence-electron chi connectivity index (χ1n) is 11.8. The zero-order valence-electron chi connectivity index (χ0n) is 20.7. The molecule has 1 unspecified atom stereocenters. The Morgan fingerprint density at radius 3 is 2.44 bits per heavy atom. The van der Waals surface area contributed by atoms with Crippen molar-refractivity contribution in [3.8, 4) is 28.6 Å². The zero-order chi connectivity index (χ0) is 25.5. The van der Waals surface area contributed by atoms with Crippen LogP contribution in [0.5, 0.6) is 17.2 Å². The van der Waals surface area contributed by atoms with Crippen molar-refractivity contribution in [2.75, 3.05) is 33.9 Å². The molecule has 1 aromatic heterocycles. The molecule has 0 amide bonds. The Hall–Kier alpha value is -3.88. The summed E-state index contributed by atoms with van der Waals surface area (Å²) in [5, 5.41) is 14.0. The highest BCUT2D eigenvalue weighted by Gasteiger charge is 2.13. The molecular formula is C28H31N3O5. The number of ether oxygens (including phenoxy) is 3. The van der Waals surface area contributed by atoms with Gasteiger partial charge in [-0.25, -0.2) is 4.98 Å². The number of rotatable bonds is 11. The predicted molar refractivity (Wildman–Crippen MR) is 140 cm³/mol. The number of aliphatic hydroxyl groups excluding tert-OH is 1. The maximum Gasteiger partial charge on any atom is 0.261 e. The fraction of sp³-hybridized carbons (Fsp3) is 0.286. The number of hydrogen-bond donors (Lipinski definition) is 2. The normalized spacial score (nSPS) is 11.9. The molecule has 0 aliphatic rings. The van der Waals surface area contributed by atoms with Crippen molar-refractivity contribution in [3.63, 3.8) is 0 Å². The highest BCUT2D eigenvalue weighted by Crippen LogP contribution is 2.26. The third kappa shape index (κ3) is 5.67. The van der Waals surface area contributed by atoms with Gasteiger partial charge in [0.25, 0.3) is 5.56 Å². The number of nitrogens with zero attached hydrogens (tertiary/aromatic N) is 2. The maximum atomic E-state index is 12.9. The van der Waals surface area contributed by atoms with E-state index >= 15 is 0 Å². The largest absolute Gasteiger partial charge is 0.496 e. The van der Waals surface area contributed by atoms with E-state index in [1.165, 1.54) is 4.57 Å². The van der Waals surface area contributed by atoms with Crippen molar-refractivity contribution >= 4 is 10.9 Å². The van der Waals surface area contributed by atoms with E-state index in [1.807, 2.05) is 36.4 Å². The Morgan fingerprint density at radius 2 is 1.69 bits per heavy atom. The van der Waals surface area contributed by atoms with Crippen LogP contribution in [0.1, 0.15) is 5.56 Å². The molecule has 0 radical (unpaired) electrons. The van der Waals surface area contributed by atoms with Gasteiger partial charge in [-0.2, -0.15) is 0 Å². The van der Waals surface area contributed by atoms with Crippen molar-refractivity contribution in [2.45, 2.75) is 12.5 Å². The summed E-state index contributed by atoms with van der Waals surface area (Å²) >= 11 is 0. The van der Waals surface area contributed by atoms with Crippen LogP contribution in [0.3, 0.4) is 0 Å². The molecule has 36 heavy (non-hydrogen) atoms. The van der Waals surface area contributed by atoms with Gasteiger partial charge in [0.1, 0.15) is 41.3 Å². The van der Waals surface area contributed by atoms with Crippen LogP contribution < -0.4 is 25.1 Å². The summed E-state index contributed by atoms with van der Waals surface area (Å²) in [6, 6.07) is 20.5. The molecule has 0 aliphatic carbocycles. The lowest BCUT2D eigenvalue weighted by Crippen LogP contribution is -2.32. The molecule has 3 aromatic carbocycles.